The van der Waals surface area contributed by atoms with Crippen molar-refractivity contribution in [2.75, 3.05) is 57.3 Å². The van der Waals surface area contributed by atoms with Gasteiger partial charge in [-0.1, -0.05) is 30.3 Å². The van der Waals surface area contributed by atoms with E-state index in [4.69, 9.17) is 0 Å². The summed E-state index contributed by atoms with van der Waals surface area (Å²) in [6.07, 6.45) is 2.86. The quantitative estimate of drug-likeness (QED) is 0.609. The van der Waals surface area contributed by atoms with Crippen LogP contribution in [-0.2, 0) is 21.2 Å². The zero-order chi connectivity index (χ0) is 23.1. The minimum absolute atomic E-state index is 0.0340. The summed E-state index contributed by atoms with van der Waals surface area (Å²) in [7, 11) is -3.38. The Labute approximate surface area is 197 Å². The smallest absolute Gasteiger partial charge is 0.243 e. The van der Waals surface area contributed by atoms with Crippen molar-refractivity contribution in [2.24, 2.45) is 0 Å². The molecular weight excluding hydrogens is 436 g/mol. The van der Waals surface area contributed by atoms with Crippen LogP contribution in [0.3, 0.4) is 0 Å². The Morgan fingerprint density at radius 1 is 0.848 bits per heavy atom. The topological polar surface area (TPSA) is 73.0 Å². The van der Waals surface area contributed by atoms with Crippen LogP contribution < -0.4 is 10.2 Å². The summed E-state index contributed by atoms with van der Waals surface area (Å²) in [6, 6.07) is 17.4. The average molecular weight is 471 g/mol. The number of hydrogen-bond acceptors (Lipinski definition) is 5. The Morgan fingerprint density at radius 2 is 1.52 bits per heavy atom. The maximum Gasteiger partial charge on any atom is 0.243 e. The number of nitrogens with one attached hydrogen (secondary N) is 1. The van der Waals surface area contributed by atoms with Gasteiger partial charge in [0, 0.05) is 64.5 Å². The van der Waals surface area contributed by atoms with Crippen LogP contribution in [-0.4, -0.2) is 75.9 Å². The lowest BCUT2D eigenvalue weighted by Crippen LogP contribution is -2.48. The highest BCUT2D eigenvalue weighted by Gasteiger charge is 2.26. The molecule has 8 heteroatoms. The summed E-state index contributed by atoms with van der Waals surface area (Å²) in [5.41, 5.74) is 2.25. The van der Waals surface area contributed by atoms with Crippen molar-refractivity contribution >= 4 is 21.6 Å². The fourth-order valence-electron chi connectivity index (χ4n) is 4.47. The Bertz CT molecular complexity index is 998. The number of amides is 1. The van der Waals surface area contributed by atoms with Crippen molar-refractivity contribution in [1.29, 1.82) is 0 Å². The molecule has 2 aliphatic heterocycles. The summed E-state index contributed by atoms with van der Waals surface area (Å²) in [5.74, 6) is 0.0340. The number of rotatable bonds is 9. The normalized spacial score (nSPS) is 17.9. The monoisotopic (exact) mass is 470 g/mol. The number of sulfonamides is 1. The van der Waals surface area contributed by atoms with Gasteiger partial charge in [-0.05, 0) is 49.1 Å². The number of piperazine rings is 1. The minimum Gasteiger partial charge on any atom is -0.369 e. The van der Waals surface area contributed by atoms with E-state index in [9.17, 15) is 13.2 Å². The van der Waals surface area contributed by atoms with Crippen LogP contribution in [0.2, 0.25) is 0 Å². The van der Waals surface area contributed by atoms with Crippen LogP contribution >= 0.6 is 0 Å². The fraction of sp³-hybridized carbons (Fsp3) is 0.480. The maximum absolute atomic E-state index is 12.6. The number of hydrogen-bond donors (Lipinski definition) is 1. The number of carbonyl (C=O) groups excluding carboxylic acids is 1. The molecule has 2 saturated heterocycles. The first-order valence-corrected chi connectivity index (χ1v) is 13.3. The molecule has 1 N–H and O–H groups in total. The summed E-state index contributed by atoms with van der Waals surface area (Å²) in [5, 5.41) is 3.02. The van der Waals surface area contributed by atoms with E-state index < -0.39 is 10.0 Å². The van der Waals surface area contributed by atoms with Crippen molar-refractivity contribution in [3.63, 3.8) is 0 Å². The third-order valence-electron chi connectivity index (χ3n) is 6.51. The van der Waals surface area contributed by atoms with E-state index in [-0.39, 0.29) is 5.91 Å². The molecule has 0 atom stereocenters. The fourth-order valence-corrected chi connectivity index (χ4v) is 5.99. The molecule has 0 aromatic heterocycles. The molecule has 4 rings (SSSR count). The molecule has 0 aliphatic carbocycles. The molecule has 0 spiro atoms. The molecular formula is C25H34N4O3S. The van der Waals surface area contributed by atoms with Crippen LogP contribution in [0.15, 0.2) is 59.5 Å². The standard InChI is InChI=1S/C25H34N4O3S/c30-25(26-14-17-27-18-20-28(21-19-27)23-6-2-1-3-7-23)13-10-22-8-11-24(12-9-22)33(31,32)29-15-4-5-16-29/h1-3,6-9,11-12H,4-5,10,13-21H2,(H,26,30). The Balaban J connectivity index is 1.14. The number of para-hydroxylation sites is 1. The minimum atomic E-state index is -3.38. The molecule has 0 radical (unpaired) electrons. The van der Waals surface area contributed by atoms with Gasteiger partial charge in [-0.3, -0.25) is 9.69 Å². The van der Waals surface area contributed by atoms with E-state index in [1.165, 1.54) is 5.69 Å². The van der Waals surface area contributed by atoms with Crippen molar-refractivity contribution < 1.29 is 13.2 Å². The summed E-state index contributed by atoms with van der Waals surface area (Å²) < 4.78 is 26.8. The Morgan fingerprint density at radius 3 is 2.18 bits per heavy atom. The van der Waals surface area contributed by atoms with Crippen molar-refractivity contribution in [2.45, 2.75) is 30.6 Å². The largest absolute Gasteiger partial charge is 0.369 e. The van der Waals surface area contributed by atoms with Crippen LogP contribution in [0.25, 0.3) is 0 Å². The molecule has 2 aromatic carbocycles. The molecule has 1 amide bonds. The number of carbonyl (C=O) groups is 1. The molecule has 0 bridgehead atoms. The van der Waals surface area contributed by atoms with Crippen molar-refractivity contribution in [1.82, 2.24) is 14.5 Å². The van der Waals surface area contributed by atoms with Gasteiger partial charge in [0.05, 0.1) is 4.90 Å². The van der Waals surface area contributed by atoms with E-state index in [1.54, 1.807) is 16.4 Å². The number of benzene rings is 2. The number of nitrogens with zero attached hydrogens (tertiary/aromatic N) is 3. The van der Waals surface area contributed by atoms with Gasteiger partial charge in [-0.15, -0.1) is 0 Å². The van der Waals surface area contributed by atoms with Crippen LogP contribution in [0, 0.1) is 0 Å². The molecule has 2 fully saturated rings. The molecule has 2 aromatic rings. The van der Waals surface area contributed by atoms with Gasteiger partial charge in [-0.25, -0.2) is 8.42 Å². The molecule has 33 heavy (non-hydrogen) atoms. The predicted octanol–water partition coefficient (Wildman–Crippen LogP) is 2.34. The molecule has 0 unspecified atom stereocenters. The van der Waals surface area contributed by atoms with Crippen LogP contribution in [0.1, 0.15) is 24.8 Å². The van der Waals surface area contributed by atoms with E-state index >= 15 is 0 Å². The lowest BCUT2D eigenvalue weighted by atomic mass is 10.1. The molecule has 178 valence electrons. The second kappa shape index (κ2) is 11.1. The summed E-state index contributed by atoms with van der Waals surface area (Å²) in [6.45, 7) is 6.71. The van der Waals surface area contributed by atoms with E-state index in [2.05, 4.69) is 39.4 Å². The highest BCUT2D eigenvalue weighted by Crippen LogP contribution is 2.21. The predicted molar refractivity (Wildman–Crippen MR) is 131 cm³/mol. The summed E-state index contributed by atoms with van der Waals surface area (Å²) in [4.78, 5) is 17.4. The Hall–Kier alpha value is -2.42. The lowest BCUT2D eigenvalue weighted by molar-refractivity contribution is -0.121. The van der Waals surface area contributed by atoms with E-state index in [0.29, 0.717) is 37.4 Å². The first-order valence-electron chi connectivity index (χ1n) is 11.9. The second-order valence-electron chi connectivity index (χ2n) is 8.77. The van der Waals surface area contributed by atoms with E-state index in [1.807, 2.05) is 18.2 Å². The van der Waals surface area contributed by atoms with Gasteiger partial charge in [0.25, 0.3) is 0 Å². The number of anilines is 1. The van der Waals surface area contributed by atoms with E-state index in [0.717, 1.165) is 51.1 Å². The third kappa shape index (κ3) is 6.34. The van der Waals surface area contributed by atoms with Gasteiger partial charge >= 0.3 is 0 Å². The van der Waals surface area contributed by atoms with Gasteiger partial charge in [0.2, 0.25) is 15.9 Å². The van der Waals surface area contributed by atoms with Crippen LogP contribution in [0.5, 0.6) is 0 Å². The molecule has 7 nitrogen and oxygen atoms in total. The van der Waals surface area contributed by atoms with Crippen molar-refractivity contribution in [3.05, 3.63) is 60.2 Å². The zero-order valence-corrected chi connectivity index (χ0v) is 20.0. The number of aryl methyl sites for hydroxylation is 1. The lowest BCUT2D eigenvalue weighted by Gasteiger charge is -2.36. The second-order valence-corrected chi connectivity index (χ2v) is 10.7. The molecule has 2 heterocycles. The van der Waals surface area contributed by atoms with Gasteiger partial charge in [0.1, 0.15) is 0 Å². The first-order chi connectivity index (χ1) is 16.0. The van der Waals surface area contributed by atoms with Gasteiger partial charge in [-0.2, -0.15) is 4.31 Å². The molecule has 0 saturated carbocycles. The zero-order valence-electron chi connectivity index (χ0n) is 19.2. The molecule has 2 aliphatic rings. The van der Waals surface area contributed by atoms with Gasteiger partial charge < -0.3 is 10.2 Å². The third-order valence-corrected chi connectivity index (χ3v) is 8.42. The van der Waals surface area contributed by atoms with Crippen molar-refractivity contribution in [3.8, 4) is 0 Å². The Kier molecular flexibility index (Phi) is 8.01. The maximum atomic E-state index is 12.6. The van der Waals surface area contributed by atoms with Gasteiger partial charge in [0.15, 0.2) is 0 Å². The summed E-state index contributed by atoms with van der Waals surface area (Å²) >= 11 is 0. The highest BCUT2D eigenvalue weighted by atomic mass is 32.2. The van der Waals surface area contributed by atoms with Crippen LogP contribution in [0.4, 0.5) is 5.69 Å². The first kappa shape index (κ1) is 23.7. The SMILES string of the molecule is O=C(CCc1ccc(S(=O)(=O)N2CCCC2)cc1)NCCN1CCN(c2ccccc2)CC1. The highest BCUT2D eigenvalue weighted by molar-refractivity contribution is 7.89. The average Bonchev–Trinajstić information content (AvgIpc) is 3.40.